The lowest BCUT2D eigenvalue weighted by atomic mass is 9.99. The first-order chi connectivity index (χ1) is 10.1. The third kappa shape index (κ3) is 4.03. The maximum Gasteiger partial charge on any atom is 0.269 e. The molecule has 0 aliphatic rings. The summed E-state index contributed by atoms with van der Waals surface area (Å²) in [5.74, 6) is 0.629. The van der Waals surface area contributed by atoms with E-state index in [4.69, 9.17) is 10.5 Å². The van der Waals surface area contributed by atoms with Crippen molar-refractivity contribution in [3.8, 4) is 5.75 Å². The molecule has 0 saturated carbocycles. The van der Waals surface area contributed by atoms with Crippen LogP contribution in [0.4, 0.5) is 5.69 Å². The number of nitrogens with two attached hydrogens (primary N) is 1. The van der Waals surface area contributed by atoms with Gasteiger partial charge in [0.05, 0.1) is 12.0 Å². The van der Waals surface area contributed by atoms with Crippen LogP contribution in [0.1, 0.15) is 11.1 Å². The number of nitro benzene ring substituents is 1. The highest BCUT2D eigenvalue weighted by atomic mass is 16.6. The van der Waals surface area contributed by atoms with Gasteiger partial charge in [-0.15, -0.1) is 0 Å². The summed E-state index contributed by atoms with van der Waals surface area (Å²) in [6, 6.07) is 14.4. The Balaban J connectivity index is 2.13. The molecule has 0 amide bonds. The summed E-state index contributed by atoms with van der Waals surface area (Å²) in [6.07, 6.45) is 1.24. The summed E-state index contributed by atoms with van der Waals surface area (Å²) in [6.45, 7) is 0. The Morgan fingerprint density at radius 3 is 2.52 bits per heavy atom. The molecule has 0 heterocycles. The first-order valence-corrected chi connectivity index (χ1v) is 6.71. The number of benzene rings is 2. The van der Waals surface area contributed by atoms with Crippen LogP contribution in [0.15, 0.2) is 48.5 Å². The Labute approximate surface area is 123 Å². The minimum absolute atomic E-state index is 0.0534. The molecule has 0 bridgehead atoms. The fourth-order valence-electron chi connectivity index (χ4n) is 2.31. The second kappa shape index (κ2) is 6.85. The number of non-ortho nitro benzene ring substituents is 1. The molecule has 1 unspecified atom stereocenters. The largest absolute Gasteiger partial charge is 0.496 e. The van der Waals surface area contributed by atoms with Crippen LogP contribution in [0.2, 0.25) is 0 Å². The molecule has 0 radical (unpaired) electrons. The van der Waals surface area contributed by atoms with Gasteiger partial charge in [0, 0.05) is 23.7 Å². The molecule has 5 heteroatoms. The fraction of sp³-hybridized carbons (Fsp3) is 0.250. The Morgan fingerprint density at radius 2 is 1.90 bits per heavy atom. The summed E-state index contributed by atoms with van der Waals surface area (Å²) < 4.78 is 5.25. The minimum atomic E-state index is -0.411. The molecule has 0 aliphatic carbocycles. The molecule has 2 aromatic rings. The third-order valence-electron chi connectivity index (χ3n) is 3.30. The number of nitrogens with zero attached hydrogens (tertiary/aromatic N) is 1. The second-order valence-corrected chi connectivity index (χ2v) is 4.91. The Kier molecular flexibility index (Phi) is 4.90. The normalized spacial score (nSPS) is 11.9. The Hall–Kier alpha value is -2.40. The molecule has 1 atom stereocenters. The highest BCUT2D eigenvalue weighted by Gasteiger charge is 2.14. The van der Waals surface area contributed by atoms with Crippen molar-refractivity contribution in [2.24, 2.45) is 5.73 Å². The molecular formula is C16H18N2O3. The lowest BCUT2D eigenvalue weighted by Crippen LogP contribution is -2.25. The molecule has 0 aliphatic heterocycles. The monoisotopic (exact) mass is 286 g/mol. The van der Waals surface area contributed by atoms with Crippen LogP contribution in [0.5, 0.6) is 5.75 Å². The van der Waals surface area contributed by atoms with Crippen LogP contribution in [-0.2, 0) is 12.8 Å². The lowest BCUT2D eigenvalue weighted by molar-refractivity contribution is -0.384. The topological polar surface area (TPSA) is 78.4 Å². The average molecular weight is 286 g/mol. The van der Waals surface area contributed by atoms with Crippen LogP contribution in [0.3, 0.4) is 0 Å². The highest BCUT2D eigenvalue weighted by molar-refractivity contribution is 5.44. The van der Waals surface area contributed by atoms with Gasteiger partial charge in [0.1, 0.15) is 5.75 Å². The van der Waals surface area contributed by atoms with Gasteiger partial charge in [-0.1, -0.05) is 30.3 Å². The van der Waals surface area contributed by atoms with Crippen molar-refractivity contribution in [2.75, 3.05) is 7.11 Å². The van der Waals surface area contributed by atoms with Crippen LogP contribution >= 0.6 is 0 Å². The standard InChI is InChI=1S/C16H18N2O3/c1-21-16-8-7-15(18(19)20)11-13(16)10-14(17)9-12-5-3-2-4-6-12/h2-8,11,14H,9-10,17H2,1H3. The number of nitro groups is 1. The van der Waals surface area contributed by atoms with Crippen molar-refractivity contribution in [1.82, 2.24) is 0 Å². The summed E-state index contributed by atoms with van der Waals surface area (Å²) in [5.41, 5.74) is 8.12. The smallest absolute Gasteiger partial charge is 0.269 e. The zero-order chi connectivity index (χ0) is 15.2. The van der Waals surface area contributed by atoms with Gasteiger partial charge in [-0.3, -0.25) is 10.1 Å². The van der Waals surface area contributed by atoms with Gasteiger partial charge in [-0.25, -0.2) is 0 Å². The first kappa shape index (κ1) is 15.0. The molecule has 0 fully saturated rings. The molecule has 2 rings (SSSR count). The predicted octanol–water partition coefficient (Wildman–Crippen LogP) is 2.72. The highest BCUT2D eigenvalue weighted by Crippen LogP contribution is 2.25. The number of hydrogen-bond acceptors (Lipinski definition) is 4. The van der Waals surface area contributed by atoms with Crippen molar-refractivity contribution < 1.29 is 9.66 Å². The van der Waals surface area contributed by atoms with Crippen molar-refractivity contribution in [1.29, 1.82) is 0 Å². The molecule has 2 aromatic carbocycles. The van der Waals surface area contributed by atoms with Crippen molar-refractivity contribution >= 4 is 5.69 Å². The Morgan fingerprint density at radius 1 is 1.19 bits per heavy atom. The Bertz CT molecular complexity index is 614. The van der Waals surface area contributed by atoms with E-state index < -0.39 is 4.92 Å². The van der Waals surface area contributed by atoms with Gasteiger partial charge in [0.2, 0.25) is 0 Å². The minimum Gasteiger partial charge on any atom is -0.496 e. The summed E-state index contributed by atoms with van der Waals surface area (Å²) in [7, 11) is 1.55. The van der Waals surface area contributed by atoms with Gasteiger partial charge < -0.3 is 10.5 Å². The van der Waals surface area contributed by atoms with E-state index in [0.717, 1.165) is 11.1 Å². The van der Waals surface area contributed by atoms with Crippen LogP contribution in [0.25, 0.3) is 0 Å². The zero-order valence-corrected chi connectivity index (χ0v) is 11.9. The molecular weight excluding hydrogens is 268 g/mol. The van der Waals surface area contributed by atoms with Crippen LogP contribution in [-0.4, -0.2) is 18.1 Å². The molecule has 0 aromatic heterocycles. The van der Waals surface area contributed by atoms with E-state index in [1.807, 2.05) is 30.3 Å². The van der Waals surface area contributed by atoms with Gasteiger partial charge in [0.25, 0.3) is 5.69 Å². The average Bonchev–Trinajstić information content (AvgIpc) is 2.48. The first-order valence-electron chi connectivity index (χ1n) is 6.71. The van der Waals surface area contributed by atoms with E-state index >= 15 is 0 Å². The van der Waals surface area contributed by atoms with Crippen molar-refractivity contribution in [3.05, 3.63) is 69.8 Å². The molecule has 110 valence electrons. The summed E-state index contributed by atoms with van der Waals surface area (Å²) in [4.78, 5) is 10.5. The second-order valence-electron chi connectivity index (χ2n) is 4.91. The molecule has 0 saturated heterocycles. The lowest BCUT2D eigenvalue weighted by Gasteiger charge is -2.14. The SMILES string of the molecule is COc1ccc([N+](=O)[O-])cc1CC(N)Cc1ccccc1. The van der Waals surface area contributed by atoms with Crippen molar-refractivity contribution in [2.45, 2.75) is 18.9 Å². The van der Waals surface area contributed by atoms with Crippen LogP contribution in [0, 0.1) is 10.1 Å². The maximum absolute atomic E-state index is 10.9. The van der Waals surface area contributed by atoms with E-state index in [0.29, 0.717) is 18.6 Å². The quantitative estimate of drug-likeness (QED) is 0.654. The van der Waals surface area contributed by atoms with Gasteiger partial charge in [-0.2, -0.15) is 0 Å². The maximum atomic E-state index is 10.9. The van der Waals surface area contributed by atoms with Gasteiger partial charge in [0.15, 0.2) is 0 Å². The van der Waals surface area contributed by atoms with E-state index in [1.54, 1.807) is 13.2 Å². The van der Waals surface area contributed by atoms with Gasteiger partial charge >= 0.3 is 0 Å². The van der Waals surface area contributed by atoms with Crippen molar-refractivity contribution in [3.63, 3.8) is 0 Å². The van der Waals surface area contributed by atoms with Crippen LogP contribution < -0.4 is 10.5 Å². The van der Waals surface area contributed by atoms with Gasteiger partial charge in [-0.05, 0) is 24.5 Å². The molecule has 21 heavy (non-hydrogen) atoms. The zero-order valence-electron chi connectivity index (χ0n) is 11.9. The van der Waals surface area contributed by atoms with E-state index in [-0.39, 0.29) is 11.7 Å². The number of ether oxygens (including phenoxy) is 1. The van der Waals surface area contributed by atoms with E-state index in [1.165, 1.54) is 12.1 Å². The third-order valence-corrected chi connectivity index (χ3v) is 3.30. The number of methoxy groups -OCH3 is 1. The molecule has 5 nitrogen and oxygen atoms in total. The predicted molar refractivity (Wildman–Crippen MR) is 81.5 cm³/mol. The molecule has 2 N–H and O–H groups in total. The van der Waals surface area contributed by atoms with E-state index in [2.05, 4.69) is 0 Å². The number of rotatable bonds is 6. The summed E-state index contributed by atoms with van der Waals surface area (Å²) >= 11 is 0. The van der Waals surface area contributed by atoms with E-state index in [9.17, 15) is 10.1 Å². The summed E-state index contributed by atoms with van der Waals surface area (Å²) in [5, 5.41) is 10.9. The molecule has 0 spiro atoms. The fourth-order valence-corrected chi connectivity index (χ4v) is 2.31. The number of hydrogen-bond donors (Lipinski definition) is 1.